The SMILES string of the molecule is O=C(CN1C(=O)c2ccccc2C1=O)Nc1ccc2c3c(c(=O)[nH]c2c1)CCCC3. The molecule has 2 aliphatic rings. The summed E-state index contributed by atoms with van der Waals surface area (Å²) in [4.78, 5) is 53.6. The smallest absolute Gasteiger partial charge is 0.262 e. The average molecular weight is 401 g/mol. The molecule has 0 atom stereocenters. The van der Waals surface area contributed by atoms with Crippen molar-refractivity contribution in [1.82, 2.24) is 9.88 Å². The summed E-state index contributed by atoms with van der Waals surface area (Å²) in [6, 6.07) is 11.9. The van der Waals surface area contributed by atoms with Crippen LogP contribution in [0.15, 0.2) is 47.3 Å². The van der Waals surface area contributed by atoms with Crippen molar-refractivity contribution in [2.75, 3.05) is 11.9 Å². The number of rotatable bonds is 3. The lowest BCUT2D eigenvalue weighted by Gasteiger charge is -2.18. The Balaban J connectivity index is 1.37. The summed E-state index contributed by atoms with van der Waals surface area (Å²) in [7, 11) is 0. The van der Waals surface area contributed by atoms with Crippen molar-refractivity contribution in [3.05, 3.63) is 75.1 Å². The molecule has 0 saturated heterocycles. The van der Waals surface area contributed by atoms with Crippen LogP contribution in [0.4, 0.5) is 5.69 Å². The maximum atomic E-state index is 12.5. The molecule has 7 nitrogen and oxygen atoms in total. The molecule has 0 unspecified atom stereocenters. The second-order valence-corrected chi connectivity index (χ2v) is 7.67. The Morgan fingerprint density at radius 3 is 2.30 bits per heavy atom. The minimum atomic E-state index is -0.482. The summed E-state index contributed by atoms with van der Waals surface area (Å²) >= 11 is 0. The van der Waals surface area contributed by atoms with E-state index in [9.17, 15) is 19.2 Å². The van der Waals surface area contributed by atoms with Crippen LogP contribution in [0.5, 0.6) is 0 Å². The maximum absolute atomic E-state index is 12.5. The van der Waals surface area contributed by atoms with Gasteiger partial charge in [-0.1, -0.05) is 18.2 Å². The van der Waals surface area contributed by atoms with Crippen molar-refractivity contribution < 1.29 is 14.4 Å². The van der Waals surface area contributed by atoms with Gasteiger partial charge in [-0.2, -0.15) is 0 Å². The number of nitrogens with zero attached hydrogens (tertiary/aromatic N) is 1. The zero-order valence-electron chi connectivity index (χ0n) is 16.2. The number of hydrogen-bond donors (Lipinski definition) is 2. The van der Waals surface area contributed by atoms with Gasteiger partial charge in [0.05, 0.1) is 16.6 Å². The fourth-order valence-electron chi connectivity index (χ4n) is 4.37. The molecule has 5 rings (SSSR count). The molecular formula is C23H19N3O4. The zero-order valence-corrected chi connectivity index (χ0v) is 16.2. The first-order chi connectivity index (χ1) is 14.5. The monoisotopic (exact) mass is 401 g/mol. The van der Waals surface area contributed by atoms with Gasteiger partial charge in [0, 0.05) is 16.6 Å². The molecule has 1 aliphatic heterocycles. The number of anilines is 1. The van der Waals surface area contributed by atoms with Gasteiger partial charge in [-0.15, -0.1) is 0 Å². The molecule has 0 fully saturated rings. The molecular weight excluding hydrogens is 382 g/mol. The number of carbonyl (C=O) groups excluding carboxylic acids is 3. The fraction of sp³-hybridized carbons (Fsp3) is 0.217. The third-order valence-corrected chi connectivity index (χ3v) is 5.80. The molecule has 7 heteroatoms. The van der Waals surface area contributed by atoms with Gasteiger partial charge in [-0.25, -0.2) is 0 Å². The van der Waals surface area contributed by atoms with E-state index in [1.807, 2.05) is 6.07 Å². The Hall–Kier alpha value is -3.74. The van der Waals surface area contributed by atoms with Crippen molar-refractivity contribution in [3.8, 4) is 0 Å². The first-order valence-corrected chi connectivity index (χ1v) is 9.96. The number of benzene rings is 2. The third kappa shape index (κ3) is 2.90. The average Bonchev–Trinajstić information content (AvgIpc) is 2.99. The molecule has 2 N–H and O–H groups in total. The van der Waals surface area contributed by atoms with Crippen LogP contribution in [0.1, 0.15) is 44.7 Å². The second-order valence-electron chi connectivity index (χ2n) is 7.67. The van der Waals surface area contributed by atoms with E-state index in [1.165, 1.54) is 0 Å². The molecule has 3 amide bonds. The topological polar surface area (TPSA) is 99.3 Å². The molecule has 2 heterocycles. The minimum absolute atomic E-state index is 0.0771. The summed E-state index contributed by atoms with van der Waals surface area (Å²) in [5.74, 6) is -1.43. The van der Waals surface area contributed by atoms with Gasteiger partial charge < -0.3 is 10.3 Å². The highest BCUT2D eigenvalue weighted by atomic mass is 16.2. The molecule has 0 spiro atoms. The lowest BCUT2D eigenvalue weighted by molar-refractivity contribution is -0.116. The highest BCUT2D eigenvalue weighted by Crippen LogP contribution is 2.27. The highest BCUT2D eigenvalue weighted by molar-refractivity contribution is 6.22. The number of aromatic nitrogens is 1. The number of carbonyl (C=O) groups is 3. The van der Waals surface area contributed by atoms with E-state index in [1.54, 1.807) is 36.4 Å². The lowest BCUT2D eigenvalue weighted by Crippen LogP contribution is -2.37. The Morgan fingerprint density at radius 2 is 1.60 bits per heavy atom. The van der Waals surface area contributed by atoms with Gasteiger partial charge >= 0.3 is 0 Å². The van der Waals surface area contributed by atoms with Crippen LogP contribution in [0, 0.1) is 0 Å². The van der Waals surface area contributed by atoms with Gasteiger partial charge in [0.15, 0.2) is 0 Å². The van der Waals surface area contributed by atoms with Crippen LogP contribution < -0.4 is 10.9 Å². The fourth-order valence-corrected chi connectivity index (χ4v) is 4.37. The molecule has 150 valence electrons. The summed E-state index contributed by atoms with van der Waals surface area (Å²) in [5, 5.41) is 3.71. The van der Waals surface area contributed by atoms with Crippen LogP contribution in [-0.2, 0) is 17.6 Å². The molecule has 0 saturated carbocycles. The highest BCUT2D eigenvalue weighted by Gasteiger charge is 2.36. The van der Waals surface area contributed by atoms with Crippen molar-refractivity contribution in [2.45, 2.75) is 25.7 Å². The molecule has 30 heavy (non-hydrogen) atoms. The predicted molar refractivity (Wildman–Crippen MR) is 112 cm³/mol. The quantitative estimate of drug-likeness (QED) is 0.659. The van der Waals surface area contributed by atoms with Crippen LogP contribution in [0.2, 0.25) is 0 Å². The number of hydrogen-bond acceptors (Lipinski definition) is 4. The van der Waals surface area contributed by atoms with Gasteiger partial charge in [-0.05, 0) is 55.5 Å². The Kier molecular flexibility index (Phi) is 4.24. The number of H-pyrrole nitrogens is 1. The van der Waals surface area contributed by atoms with E-state index in [0.717, 1.165) is 47.1 Å². The Bertz CT molecular complexity index is 1260. The number of imide groups is 1. The second kappa shape index (κ2) is 6.95. The number of aryl methyl sites for hydroxylation is 1. The van der Waals surface area contributed by atoms with Crippen LogP contribution in [0.3, 0.4) is 0 Å². The molecule has 0 bridgehead atoms. The molecule has 1 aromatic heterocycles. The van der Waals surface area contributed by atoms with E-state index < -0.39 is 17.7 Å². The van der Waals surface area contributed by atoms with Crippen molar-refractivity contribution in [2.24, 2.45) is 0 Å². The van der Waals surface area contributed by atoms with E-state index in [4.69, 9.17) is 0 Å². The summed E-state index contributed by atoms with van der Waals surface area (Å²) in [6.07, 6.45) is 3.75. The largest absolute Gasteiger partial charge is 0.324 e. The van der Waals surface area contributed by atoms with Crippen LogP contribution in [-0.4, -0.2) is 34.2 Å². The van der Waals surface area contributed by atoms with Gasteiger partial charge in [0.1, 0.15) is 6.54 Å². The standard InChI is InChI=1S/C23H19N3O4/c27-20(12-26-22(29)17-7-3-4-8-18(17)23(26)30)24-13-9-10-15-14-5-1-2-6-16(14)21(28)25-19(15)11-13/h3-4,7-11H,1-2,5-6,12H2,(H,24,27)(H,25,28). The Labute approximate surface area is 171 Å². The molecule has 2 aromatic carbocycles. The number of aromatic amines is 1. The van der Waals surface area contributed by atoms with Crippen molar-refractivity contribution >= 4 is 34.3 Å². The summed E-state index contributed by atoms with van der Waals surface area (Å²) in [6.45, 7) is -0.370. The number of amides is 3. The van der Waals surface area contributed by atoms with E-state index in [-0.39, 0.29) is 12.1 Å². The van der Waals surface area contributed by atoms with Crippen molar-refractivity contribution in [1.29, 1.82) is 0 Å². The van der Waals surface area contributed by atoms with Gasteiger partial charge in [0.2, 0.25) is 5.91 Å². The van der Waals surface area contributed by atoms with Crippen LogP contribution in [0.25, 0.3) is 10.9 Å². The molecule has 0 radical (unpaired) electrons. The number of fused-ring (bicyclic) bond motifs is 4. The lowest BCUT2D eigenvalue weighted by atomic mass is 9.90. The third-order valence-electron chi connectivity index (χ3n) is 5.80. The van der Waals surface area contributed by atoms with Crippen LogP contribution >= 0.6 is 0 Å². The van der Waals surface area contributed by atoms with E-state index >= 15 is 0 Å². The van der Waals surface area contributed by atoms with E-state index in [0.29, 0.717) is 22.3 Å². The van der Waals surface area contributed by atoms with Crippen molar-refractivity contribution in [3.63, 3.8) is 0 Å². The van der Waals surface area contributed by atoms with Gasteiger partial charge in [0.25, 0.3) is 17.4 Å². The Morgan fingerprint density at radius 1 is 0.933 bits per heavy atom. The minimum Gasteiger partial charge on any atom is -0.324 e. The van der Waals surface area contributed by atoms with Gasteiger partial charge in [-0.3, -0.25) is 24.1 Å². The molecule has 1 aliphatic carbocycles. The first-order valence-electron chi connectivity index (χ1n) is 9.96. The summed E-state index contributed by atoms with van der Waals surface area (Å²) < 4.78 is 0. The van der Waals surface area contributed by atoms with E-state index in [2.05, 4.69) is 10.3 Å². The molecule has 3 aromatic rings. The number of nitrogens with one attached hydrogen (secondary N) is 2. The zero-order chi connectivity index (χ0) is 20.8. The first kappa shape index (κ1) is 18.3. The summed E-state index contributed by atoms with van der Waals surface area (Å²) in [5.41, 5.74) is 3.65. The number of pyridine rings is 1. The predicted octanol–water partition coefficient (Wildman–Crippen LogP) is 2.64. The normalized spacial score (nSPS) is 15.3. The maximum Gasteiger partial charge on any atom is 0.262 e.